The van der Waals surface area contributed by atoms with E-state index in [1.807, 2.05) is 32.0 Å². The molecule has 0 spiro atoms. The van der Waals surface area contributed by atoms with E-state index < -0.39 is 6.10 Å². The highest BCUT2D eigenvalue weighted by molar-refractivity contribution is 7.11. The topological polar surface area (TPSA) is 59.1 Å². The molecule has 19 heavy (non-hydrogen) atoms. The van der Waals surface area contributed by atoms with Gasteiger partial charge in [-0.3, -0.25) is 0 Å². The molecule has 0 saturated heterocycles. The fourth-order valence-electron chi connectivity index (χ4n) is 2.43. The average molecular weight is 276 g/mol. The number of aliphatic hydroxyl groups is 1. The fraction of sp³-hybridized carbons (Fsp3) is 0.400. The quantitative estimate of drug-likeness (QED) is 0.902. The first kappa shape index (κ1) is 14.2. The Morgan fingerprint density at radius 2 is 1.95 bits per heavy atom. The van der Waals surface area contributed by atoms with E-state index in [4.69, 9.17) is 5.73 Å². The number of aromatic nitrogens is 1. The lowest BCUT2D eigenvalue weighted by molar-refractivity contribution is 0.150. The van der Waals surface area contributed by atoms with E-state index in [0.29, 0.717) is 6.54 Å². The van der Waals surface area contributed by atoms with Crippen LogP contribution in [0.4, 0.5) is 0 Å². The predicted octanol–water partition coefficient (Wildman–Crippen LogP) is 2.84. The summed E-state index contributed by atoms with van der Waals surface area (Å²) in [5.41, 5.74) is 9.07. The van der Waals surface area contributed by atoms with Crippen LogP contribution in [0.5, 0.6) is 0 Å². The maximum Gasteiger partial charge on any atom is 0.0981 e. The first-order chi connectivity index (χ1) is 9.04. The van der Waals surface area contributed by atoms with Crippen LogP contribution < -0.4 is 5.73 Å². The SMILES string of the molecule is Cc1nc(C)c(C(O)C(CN)c2ccccc2C)s1. The number of rotatable bonds is 4. The summed E-state index contributed by atoms with van der Waals surface area (Å²) < 4.78 is 0. The zero-order valence-electron chi connectivity index (χ0n) is 11.6. The molecule has 1 aromatic heterocycles. The molecule has 2 rings (SSSR count). The largest absolute Gasteiger partial charge is 0.387 e. The molecule has 3 nitrogen and oxygen atoms in total. The van der Waals surface area contributed by atoms with Crippen molar-refractivity contribution in [3.05, 3.63) is 51.0 Å². The molecule has 4 heteroatoms. The van der Waals surface area contributed by atoms with Crippen LogP contribution in [0.25, 0.3) is 0 Å². The van der Waals surface area contributed by atoms with E-state index in [9.17, 15) is 5.11 Å². The molecule has 0 bridgehead atoms. The molecule has 0 aliphatic rings. The Morgan fingerprint density at radius 1 is 1.26 bits per heavy atom. The summed E-state index contributed by atoms with van der Waals surface area (Å²) in [6.45, 7) is 6.37. The summed E-state index contributed by atoms with van der Waals surface area (Å²) in [5, 5.41) is 11.6. The van der Waals surface area contributed by atoms with E-state index in [1.165, 1.54) is 0 Å². The molecule has 0 fully saturated rings. The molecule has 102 valence electrons. The van der Waals surface area contributed by atoms with E-state index >= 15 is 0 Å². The molecule has 2 atom stereocenters. The monoisotopic (exact) mass is 276 g/mol. The van der Waals surface area contributed by atoms with Gasteiger partial charge in [-0.1, -0.05) is 24.3 Å². The number of hydrogen-bond acceptors (Lipinski definition) is 4. The second kappa shape index (κ2) is 5.82. The molecule has 2 unspecified atom stereocenters. The first-order valence-corrected chi connectivity index (χ1v) is 7.23. The summed E-state index contributed by atoms with van der Waals surface area (Å²) >= 11 is 1.55. The minimum atomic E-state index is -0.586. The highest BCUT2D eigenvalue weighted by atomic mass is 32.1. The molecule has 3 N–H and O–H groups in total. The van der Waals surface area contributed by atoms with Crippen LogP contribution in [0.1, 0.15) is 38.7 Å². The molecule has 0 radical (unpaired) electrons. The van der Waals surface area contributed by atoms with Crippen molar-refractivity contribution in [2.24, 2.45) is 5.73 Å². The van der Waals surface area contributed by atoms with Gasteiger partial charge in [-0.15, -0.1) is 11.3 Å². The maximum atomic E-state index is 10.6. The molecule has 1 heterocycles. The van der Waals surface area contributed by atoms with Gasteiger partial charge in [0.1, 0.15) is 0 Å². The third kappa shape index (κ3) is 2.86. The molecular formula is C15H20N2OS. The summed E-state index contributed by atoms with van der Waals surface area (Å²) in [6.07, 6.45) is -0.586. The number of nitrogens with two attached hydrogens (primary N) is 1. The fourth-order valence-corrected chi connectivity index (χ4v) is 3.41. The summed E-state index contributed by atoms with van der Waals surface area (Å²) in [5.74, 6) is -0.0836. The van der Waals surface area contributed by atoms with E-state index in [0.717, 1.165) is 26.7 Å². The first-order valence-electron chi connectivity index (χ1n) is 6.42. The van der Waals surface area contributed by atoms with Gasteiger partial charge in [-0.25, -0.2) is 4.98 Å². The van der Waals surface area contributed by atoms with Gasteiger partial charge in [0.05, 0.1) is 21.7 Å². The molecule has 1 aromatic carbocycles. The molecule has 2 aromatic rings. The summed E-state index contributed by atoms with van der Waals surface area (Å²) in [4.78, 5) is 5.31. The summed E-state index contributed by atoms with van der Waals surface area (Å²) in [7, 11) is 0. The third-order valence-electron chi connectivity index (χ3n) is 3.43. The highest BCUT2D eigenvalue weighted by Crippen LogP contribution is 2.36. The lowest BCUT2D eigenvalue weighted by Crippen LogP contribution is -2.21. The highest BCUT2D eigenvalue weighted by Gasteiger charge is 2.26. The summed E-state index contributed by atoms with van der Waals surface area (Å²) in [6, 6.07) is 8.08. The molecule has 0 saturated carbocycles. The Kier molecular flexibility index (Phi) is 4.34. The van der Waals surface area contributed by atoms with Crippen LogP contribution in [0, 0.1) is 20.8 Å². The van der Waals surface area contributed by atoms with Crippen molar-refractivity contribution in [3.8, 4) is 0 Å². The minimum absolute atomic E-state index is 0.0836. The van der Waals surface area contributed by atoms with Crippen LogP contribution in [0.2, 0.25) is 0 Å². The van der Waals surface area contributed by atoms with Gasteiger partial charge in [0.25, 0.3) is 0 Å². The van der Waals surface area contributed by atoms with Crippen LogP contribution in [-0.4, -0.2) is 16.6 Å². The molecule has 0 amide bonds. The Bertz CT molecular complexity index is 565. The molecule has 0 aliphatic carbocycles. The smallest absolute Gasteiger partial charge is 0.0981 e. The van der Waals surface area contributed by atoms with Gasteiger partial charge >= 0.3 is 0 Å². The number of thiazole rings is 1. The second-order valence-electron chi connectivity index (χ2n) is 4.83. The van der Waals surface area contributed by atoms with Crippen molar-refractivity contribution in [2.45, 2.75) is 32.8 Å². The minimum Gasteiger partial charge on any atom is -0.387 e. The van der Waals surface area contributed by atoms with Crippen LogP contribution >= 0.6 is 11.3 Å². The van der Waals surface area contributed by atoms with Crippen molar-refractivity contribution in [1.29, 1.82) is 0 Å². The third-order valence-corrected chi connectivity index (χ3v) is 4.57. The number of hydrogen-bond donors (Lipinski definition) is 2. The van der Waals surface area contributed by atoms with Crippen LogP contribution in [0.3, 0.4) is 0 Å². The van der Waals surface area contributed by atoms with Gasteiger partial charge in [-0.2, -0.15) is 0 Å². The lowest BCUT2D eigenvalue weighted by atomic mass is 9.89. The Balaban J connectivity index is 2.37. The zero-order chi connectivity index (χ0) is 14.0. The van der Waals surface area contributed by atoms with Crippen molar-refractivity contribution >= 4 is 11.3 Å². The normalized spacial score (nSPS) is 14.4. The van der Waals surface area contributed by atoms with Gasteiger partial charge in [-0.05, 0) is 31.9 Å². The van der Waals surface area contributed by atoms with Gasteiger partial charge in [0.15, 0.2) is 0 Å². The standard InChI is InChI=1S/C15H20N2OS/c1-9-6-4-5-7-12(9)13(8-16)14(18)15-10(2)17-11(3)19-15/h4-7,13-14,18H,8,16H2,1-3H3. The van der Waals surface area contributed by atoms with Crippen molar-refractivity contribution in [2.75, 3.05) is 6.54 Å². The molecule has 0 aliphatic heterocycles. The zero-order valence-corrected chi connectivity index (χ0v) is 12.4. The van der Waals surface area contributed by atoms with Crippen molar-refractivity contribution < 1.29 is 5.11 Å². The van der Waals surface area contributed by atoms with Gasteiger partial charge < -0.3 is 10.8 Å². The van der Waals surface area contributed by atoms with Crippen molar-refractivity contribution in [1.82, 2.24) is 4.98 Å². The maximum absolute atomic E-state index is 10.6. The lowest BCUT2D eigenvalue weighted by Gasteiger charge is -2.23. The van der Waals surface area contributed by atoms with Crippen LogP contribution in [0.15, 0.2) is 24.3 Å². The van der Waals surface area contributed by atoms with E-state index in [2.05, 4.69) is 18.0 Å². The Hall–Kier alpha value is -1.23. The van der Waals surface area contributed by atoms with Crippen molar-refractivity contribution in [3.63, 3.8) is 0 Å². The van der Waals surface area contributed by atoms with E-state index in [1.54, 1.807) is 11.3 Å². The number of nitrogens with zero attached hydrogens (tertiary/aromatic N) is 1. The average Bonchev–Trinajstić information content (AvgIpc) is 2.71. The molecular weight excluding hydrogens is 256 g/mol. The van der Waals surface area contributed by atoms with Gasteiger partial charge in [0, 0.05) is 12.5 Å². The predicted molar refractivity (Wildman–Crippen MR) is 79.5 cm³/mol. The number of benzene rings is 1. The Morgan fingerprint density at radius 3 is 2.47 bits per heavy atom. The second-order valence-corrected chi connectivity index (χ2v) is 6.06. The van der Waals surface area contributed by atoms with Crippen LogP contribution in [-0.2, 0) is 0 Å². The number of aliphatic hydroxyl groups excluding tert-OH is 1. The Labute approximate surface area is 118 Å². The number of aryl methyl sites for hydroxylation is 3. The van der Waals surface area contributed by atoms with Gasteiger partial charge in [0.2, 0.25) is 0 Å². The van der Waals surface area contributed by atoms with E-state index in [-0.39, 0.29) is 5.92 Å².